The highest BCUT2D eigenvalue weighted by atomic mass is 32.2. The first kappa shape index (κ1) is 14.9. The molecule has 1 saturated heterocycles. The predicted molar refractivity (Wildman–Crippen MR) is 78.8 cm³/mol. The summed E-state index contributed by atoms with van der Waals surface area (Å²) in [5.41, 5.74) is 0.872. The molecule has 0 amide bonds. The van der Waals surface area contributed by atoms with E-state index in [1.54, 1.807) is 12.3 Å². The van der Waals surface area contributed by atoms with E-state index in [1.807, 2.05) is 18.8 Å². The average Bonchev–Trinajstić information content (AvgIpc) is 2.88. The van der Waals surface area contributed by atoms with E-state index in [0.29, 0.717) is 23.9 Å². The Morgan fingerprint density at radius 3 is 2.84 bits per heavy atom. The monoisotopic (exact) mass is 303 g/mol. The van der Waals surface area contributed by atoms with E-state index >= 15 is 0 Å². The summed E-state index contributed by atoms with van der Waals surface area (Å²) in [6.07, 6.45) is 3.75. The van der Waals surface area contributed by atoms with Crippen LogP contribution in [-0.4, -0.2) is 38.5 Å². The Morgan fingerprint density at radius 2 is 2.16 bits per heavy atom. The average molecular weight is 303 g/mol. The molecule has 0 saturated carbocycles. The van der Waals surface area contributed by atoms with Crippen molar-refractivity contribution in [3.8, 4) is 0 Å². The van der Waals surface area contributed by atoms with Crippen LogP contribution in [0.1, 0.15) is 18.5 Å². The van der Waals surface area contributed by atoms with Crippen molar-refractivity contribution in [3.63, 3.8) is 0 Å². The van der Waals surface area contributed by atoms with Crippen molar-refractivity contribution in [2.45, 2.75) is 24.3 Å². The fraction of sp³-hybridized carbons (Fsp3) is 0.667. The van der Waals surface area contributed by atoms with Crippen molar-refractivity contribution >= 4 is 21.8 Å². The first-order chi connectivity index (χ1) is 9.12. The summed E-state index contributed by atoms with van der Waals surface area (Å²) in [7, 11) is -1.55. The number of rotatable bonds is 6. The molecule has 2 heterocycles. The van der Waals surface area contributed by atoms with E-state index in [2.05, 4.69) is 15.0 Å². The molecule has 0 unspecified atom stereocenters. The molecule has 0 atom stereocenters. The third-order valence-corrected chi connectivity index (χ3v) is 5.75. The van der Waals surface area contributed by atoms with Gasteiger partial charge in [0.05, 0.1) is 4.90 Å². The highest BCUT2D eigenvalue weighted by Crippen LogP contribution is 2.22. The molecule has 7 heteroatoms. The highest BCUT2D eigenvalue weighted by Gasteiger charge is 2.19. The lowest BCUT2D eigenvalue weighted by Gasteiger charge is -2.21. The van der Waals surface area contributed by atoms with Gasteiger partial charge in [0, 0.05) is 25.0 Å². The molecule has 1 aliphatic rings. The molecule has 2 rings (SSSR count). The molecule has 1 fully saturated rings. The fourth-order valence-corrected chi connectivity index (χ4v) is 4.47. The van der Waals surface area contributed by atoms with Gasteiger partial charge in [0.2, 0.25) is 10.0 Å². The van der Waals surface area contributed by atoms with E-state index < -0.39 is 10.0 Å². The maximum Gasteiger partial charge on any atom is 0.242 e. The van der Waals surface area contributed by atoms with Gasteiger partial charge in [0.1, 0.15) is 0 Å². The van der Waals surface area contributed by atoms with Gasteiger partial charge in [-0.05, 0) is 43.4 Å². The number of H-pyrrole nitrogens is 1. The summed E-state index contributed by atoms with van der Waals surface area (Å²) < 4.78 is 27.0. The van der Waals surface area contributed by atoms with Crippen LogP contribution in [-0.2, 0) is 16.6 Å². The van der Waals surface area contributed by atoms with Crippen LogP contribution in [0.15, 0.2) is 17.2 Å². The normalized spacial score (nSPS) is 17.7. The molecule has 0 aromatic carbocycles. The Bertz CT molecular complexity index is 493. The standard InChI is InChI=1S/C12H21N3O2S2/c1-13-8-11-6-12(9-14-11)19(16,17)15-7-10-2-4-18-5-3-10/h6,9-10,13-15H,2-5,7-8H2,1H3. The molecule has 3 N–H and O–H groups in total. The zero-order valence-corrected chi connectivity index (χ0v) is 12.7. The summed E-state index contributed by atoms with van der Waals surface area (Å²) in [5, 5.41) is 2.98. The number of nitrogens with one attached hydrogen (secondary N) is 3. The summed E-state index contributed by atoms with van der Waals surface area (Å²) >= 11 is 1.95. The van der Waals surface area contributed by atoms with Gasteiger partial charge in [-0.15, -0.1) is 0 Å². The maximum atomic E-state index is 12.1. The van der Waals surface area contributed by atoms with Crippen LogP contribution in [0.3, 0.4) is 0 Å². The van der Waals surface area contributed by atoms with Gasteiger partial charge in [-0.3, -0.25) is 0 Å². The molecule has 1 aromatic heterocycles. The van der Waals surface area contributed by atoms with Crippen molar-refractivity contribution in [1.29, 1.82) is 0 Å². The van der Waals surface area contributed by atoms with Crippen molar-refractivity contribution < 1.29 is 8.42 Å². The van der Waals surface area contributed by atoms with Gasteiger partial charge < -0.3 is 10.3 Å². The van der Waals surface area contributed by atoms with Crippen LogP contribution < -0.4 is 10.0 Å². The number of sulfonamides is 1. The molecule has 0 bridgehead atoms. The Kier molecular flexibility index (Phi) is 5.32. The van der Waals surface area contributed by atoms with E-state index in [0.717, 1.165) is 30.0 Å². The molecule has 0 aliphatic carbocycles. The van der Waals surface area contributed by atoms with Crippen LogP contribution in [0.5, 0.6) is 0 Å². The minimum atomic E-state index is -3.37. The quantitative estimate of drug-likeness (QED) is 0.737. The molecule has 0 spiro atoms. The van der Waals surface area contributed by atoms with Crippen molar-refractivity contribution in [2.75, 3.05) is 25.1 Å². The number of hydrogen-bond acceptors (Lipinski definition) is 4. The second-order valence-electron chi connectivity index (χ2n) is 4.80. The van der Waals surface area contributed by atoms with Crippen molar-refractivity contribution in [2.24, 2.45) is 5.92 Å². The van der Waals surface area contributed by atoms with E-state index in [1.165, 1.54) is 0 Å². The minimum absolute atomic E-state index is 0.322. The van der Waals surface area contributed by atoms with Crippen molar-refractivity contribution in [3.05, 3.63) is 18.0 Å². The molecule has 5 nitrogen and oxygen atoms in total. The van der Waals surface area contributed by atoms with Crippen LogP contribution >= 0.6 is 11.8 Å². The van der Waals surface area contributed by atoms with Crippen LogP contribution in [0.4, 0.5) is 0 Å². The third-order valence-electron chi connectivity index (χ3n) is 3.30. The van der Waals surface area contributed by atoms with E-state index in [4.69, 9.17) is 0 Å². The Hall–Kier alpha value is -0.500. The van der Waals surface area contributed by atoms with Crippen molar-refractivity contribution in [1.82, 2.24) is 15.0 Å². The lowest BCUT2D eigenvalue weighted by atomic mass is 10.0. The molecular weight excluding hydrogens is 282 g/mol. The first-order valence-corrected chi connectivity index (χ1v) is 9.15. The van der Waals surface area contributed by atoms with E-state index in [-0.39, 0.29) is 0 Å². The zero-order chi connectivity index (χ0) is 13.7. The van der Waals surface area contributed by atoms with Gasteiger partial charge in [-0.1, -0.05) is 0 Å². The molecular formula is C12H21N3O2S2. The van der Waals surface area contributed by atoms with Crippen LogP contribution in [0.2, 0.25) is 0 Å². The van der Waals surface area contributed by atoms with Gasteiger partial charge in [-0.2, -0.15) is 11.8 Å². The molecule has 1 aliphatic heterocycles. The number of thioether (sulfide) groups is 1. The van der Waals surface area contributed by atoms with Gasteiger partial charge >= 0.3 is 0 Å². The second kappa shape index (κ2) is 6.78. The fourth-order valence-electron chi connectivity index (χ4n) is 2.13. The second-order valence-corrected chi connectivity index (χ2v) is 7.79. The molecule has 19 heavy (non-hydrogen) atoms. The Morgan fingerprint density at radius 1 is 1.42 bits per heavy atom. The summed E-state index contributed by atoms with van der Waals surface area (Å²) in [4.78, 5) is 3.29. The summed E-state index contributed by atoms with van der Waals surface area (Å²) in [5.74, 6) is 2.76. The van der Waals surface area contributed by atoms with Crippen LogP contribution in [0.25, 0.3) is 0 Å². The molecule has 1 aromatic rings. The summed E-state index contributed by atoms with van der Waals surface area (Å²) in [6.45, 7) is 1.19. The Balaban J connectivity index is 1.92. The lowest BCUT2D eigenvalue weighted by molar-refractivity contribution is 0.476. The Labute approximate surface area is 119 Å². The SMILES string of the molecule is CNCc1cc(S(=O)(=O)NCC2CCSCC2)c[nH]1. The smallest absolute Gasteiger partial charge is 0.242 e. The maximum absolute atomic E-state index is 12.1. The number of aromatic nitrogens is 1. The summed E-state index contributed by atoms with van der Waals surface area (Å²) in [6, 6.07) is 1.68. The van der Waals surface area contributed by atoms with Gasteiger partial charge in [0.15, 0.2) is 0 Å². The number of hydrogen-bond donors (Lipinski definition) is 3. The third kappa shape index (κ3) is 4.24. The number of aromatic amines is 1. The van der Waals surface area contributed by atoms with Gasteiger partial charge in [-0.25, -0.2) is 13.1 Å². The highest BCUT2D eigenvalue weighted by molar-refractivity contribution is 7.99. The van der Waals surface area contributed by atoms with E-state index in [9.17, 15) is 8.42 Å². The lowest BCUT2D eigenvalue weighted by Crippen LogP contribution is -2.30. The topological polar surface area (TPSA) is 74.0 Å². The first-order valence-electron chi connectivity index (χ1n) is 6.51. The molecule has 0 radical (unpaired) electrons. The minimum Gasteiger partial charge on any atom is -0.363 e. The van der Waals surface area contributed by atoms with Gasteiger partial charge in [0.25, 0.3) is 0 Å². The molecule has 108 valence electrons. The largest absolute Gasteiger partial charge is 0.363 e. The zero-order valence-electron chi connectivity index (χ0n) is 11.1. The predicted octanol–water partition coefficient (Wildman–Crippen LogP) is 1.16. The van der Waals surface area contributed by atoms with Crippen LogP contribution in [0, 0.1) is 5.92 Å².